The van der Waals surface area contributed by atoms with Crippen LogP contribution in [0.3, 0.4) is 0 Å². The van der Waals surface area contributed by atoms with E-state index in [0.29, 0.717) is 12.2 Å². The first-order valence-corrected chi connectivity index (χ1v) is 9.69. The zero-order chi connectivity index (χ0) is 18.4. The van der Waals surface area contributed by atoms with Gasteiger partial charge in [0.15, 0.2) is 6.61 Å². The molecule has 0 spiro atoms. The Morgan fingerprint density at radius 3 is 2.81 bits per heavy atom. The molecule has 2 saturated heterocycles. The van der Waals surface area contributed by atoms with Crippen LogP contribution in [-0.2, 0) is 19.1 Å². The van der Waals surface area contributed by atoms with Gasteiger partial charge in [0.2, 0.25) is 5.91 Å². The summed E-state index contributed by atoms with van der Waals surface area (Å²) in [4.78, 5) is 35.7. The Bertz CT molecular complexity index is 648. The van der Waals surface area contributed by atoms with Crippen molar-refractivity contribution in [2.24, 2.45) is 0 Å². The number of ketones is 1. The first-order chi connectivity index (χ1) is 12.6. The van der Waals surface area contributed by atoms with Crippen molar-refractivity contribution in [3.05, 3.63) is 30.3 Å². The summed E-state index contributed by atoms with van der Waals surface area (Å²) in [5.41, 5.74) is 0. The van der Waals surface area contributed by atoms with Gasteiger partial charge in [0.1, 0.15) is 22.9 Å². The van der Waals surface area contributed by atoms with E-state index in [1.54, 1.807) is 12.1 Å². The number of thioether (sulfide) groups is 1. The molecular weight excluding hydrogens is 356 g/mol. The fraction of sp³-hybridized carbons (Fsp3) is 0.500. The molecule has 1 aromatic carbocycles. The Labute approximate surface area is 156 Å². The summed E-state index contributed by atoms with van der Waals surface area (Å²) in [7, 11) is 0. The second-order valence-electron chi connectivity index (χ2n) is 6.26. The lowest BCUT2D eigenvalue weighted by atomic mass is 10.1. The minimum Gasteiger partial charge on any atom is -0.484 e. The highest BCUT2D eigenvalue weighted by Gasteiger charge is 2.41. The van der Waals surface area contributed by atoms with Gasteiger partial charge in [-0.15, -0.1) is 11.8 Å². The van der Waals surface area contributed by atoms with Gasteiger partial charge in [-0.2, -0.15) is 0 Å². The molecule has 7 nitrogen and oxygen atoms in total. The quantitative estimate of drug-likeness (QED) is 0.620. The molecule has 0 aliphatic carbocycles. The molecule has 2 fully saturated rings. The molecule has 1 unspecified atom stereocenters. The van der Waals surface area contributed by atoms with Crippen molar-refractivity contribution in [2.75, 3.05) is 19.0 Å². The highest BCUT2D eigenvalue weighted by molar-refractivity contribution is 8.00. The molecule has 2 amide bonds. The highest BCUT2D eigenvalue weighted by Crippen LogP contribution is 2.22. The minimum atomic E-state index is -0.637. The molecular formula is C18H22N2O5S. The summed E-state index contributed by atoms with van der Waals surface area (Å²) in [5, 5.41) is 5.06. The lowest BCUT2D eigenvalue weighted by Crippen LogP contribution is -2.68. The summed E-state index contributed by atoms with van der Waals surface area (Å²) in [6, 6.07) is 8.35. The van der Waals surface area contributed by atoms with Crippen LogP contribution < -0.4 is 15.4 Å². The number of amides is 2. The molecule has 3 rings (SSSR count). The zero-order valence-electron chi connectivity index (χ0n) is 14.3. The van der Waals surface area contributed by atoms with Crippen LogP contribution in [0.1, 0.15) is 19.3 Å². The largest absolute Gasteiger partial charge is 0.484 e. The second-order valence-corrected chi connectivity index (χ2v) is 7.39. The Morgan fingerprint density at radius 1 is 1.31 bits per heavy atom. The molecule has 0 saturated carbocycles. The summed E-state index contributed by atoms with van der Waals surface area (Å²) in [5.74, 6) is 0.358. The maximum absolute atomic E-state index is 12.0. The van der Waals surface area contributed by atoms with E-state index in [1.165, 1.54) is 11.8 Å². The van der Waals surface area contributed by atoms with Crippen LogP contribution in [0.25, 0.3) is 0 Å². The van der Waals surface area contributed by atoms with E-state index >= 15 is 0 Å². The number of carbonyl (C=O) groups is 3. The topological polar surface area (TPSA) is 93.7 Å². The average molecular weight is 378 g/mol. The molecule has 2 heterocycles. The number of ether oxygens (including phenoxy) is 2. The number of benzene rings is 1. The predicted octanol–water partition coefficient (Wildman–Crippen LogP) is 0.878. The lowest BCUT2D eigenvalue weighted by Gasteiger charge is -2.36. The molecule has 0 aromatic heterocycles. The highest BCUT2D eigenvalue weighted by atomic mass is 32.2. The van der Waals surface area contributed by atoms with E-state index in [2.05, 4.69) is 10.6 Å². The molecule has 1 aromatic rings. The minimum absolute atomic E-state index is 0.0321. The number of Topliss-reactive ketones (excluding diaryl/α,β-unsaturated/α-hetero) is 1. The van der Waals surface area contributed by atoms with Crippen LogP contribution in [0.2, 0.25) is 0 Å². The van der Waals surface area contributed by atoms with Gasteiger partial charge in [-0.25, -0.2) is 0 Å². The fourth-order valence-corrected chi connectivity index (χ4v) is 3.88. The first kappa shape index (κ1) is 18.7. The van der Waals surface area contributed by atoms with Crippen molar-refractivity contribution >= 4 is 29.4 Å². The normalized spacial score (nSPS) is 24.5. The SMILES string of the molecule is O=C(CS[C@H]1NC(=O)[C@H]1NC(=O)COc1ccccc1)CC1CCCO1. The Morgan fingerprint density at radius 2 is 2.12 bits per heavy atom. The second kappa shape index (κ2) is 9.05. The van der Waals surface area contributed by atoms with Gasteiger partial charge in [0, 0.05) is 13.0 Å². The number of β-lactam (4-membered cyclic amide) rings is 1. The van der Waals surface area contributed by atoms with Crippen LogP contribution in [-0.4, -0.2) is 54.1 Å². The van der Waals surface area contributed by atoms with E-state index in [1.807, 2.05) is 18.2 Å². The molecule has 26 heavy (non-hydrogen) atoms. The molecule has 140 valence electrons. The van der Waals surface area contributed by atoms with E-state index < -0.39 is 6.04 Å². The van der Waals surface area contributed by atoms with Crippen LogP contribution in [0.5, 0.6) is 5.75 Å². The van der Waals surface area contributed by atoms with E-state index in [9.17, 15) is 14.4 Å². The molecule has 3 atom stereocenters. The van der Waals surface area contributed by atoms with Crippen LogP contribution in [0.4, 0.5) is 0 Å². The molecule has 2 N–H and O–H groups in total. The zero-order valence-corrected chi connectivity index (χ0v) is 15.1. The van der Waals surface area contributed by atoms with Gasteiger partial charge in [-0.1, -0.05) is 18.2 Å². The summed E-state index contributed by atoms with van der Waals surface area (Å²) in [6.45, 7) is 0.562. The fourth-order valence-electron chi connectivity index (χ4n) is 2.82. The third-order valence-electron chi connectivity index (χ3n) is 4.20. The maximum atomic E-state index is 12.0. The van der Waals surface area contributed by atoms with Gasteiger partial charge in [-0.3, -0.25) is 14.4 Å². The van der Waals surface area contributed by atoms with E-state index in [0.717, 1.165) is 19.4 Å². The van der Waals surface area contributed by atoms with Crippen molar-refractivity contribution < 1.29 is 23.9 Å². The van der Waals surface area contributed by atoms with E-state index in [4.69, 9.17) is 9.47 Å². The van der Waals surface area contributed by atoms with Crippen molar-refractivity contribution in [1.29, 1.82) is 0 Å². The molecule has 8 heteroatoms. The number of hydrogen-bond donors (Lipinski definition) is 2. The van der Waals surface area contributed by atoms with E-state index in [-0.39, 0.29) is 41.4 Å². The number of carbonyl (C=O) groups excluding carboxylic acids is 3. The monoisotopic (exact) mass is 378 g/mol. The average Bonchev–Trinajstić information content (AvgIpc) is 3.15. The van der Waals surface area contributed by atoms with Crippen LogP contribution >= 0.6 is 11.8 Å². The van der Waals surface area contributed by atoms with Crippen LogP contribution in [0, 0.1) is 0 Å². The van der Waals surface area contributed by atoms with Gasteiger partial charge in [-0.05, 0) is 25.0 Å². The van der Waals surface area contributed by atoms with Gasteiger partial charge in [0.25, 0.3) is 5.91 Å². The summed E-state index contributed by atoms with van der Waals surface area (Å²) < 4.78 is 10.8. The van der Waals surface area contributed by atoms with Gasteiger partial charge in [0.05, 0.1) is 11.9 Å². The number of rotatable bonds is 9. The van der Waals surface area contributed by atoms with Crippen molar-refractivity contribution in [3.8, 4) is 5.75 Å². The number of para-hydroxylation sites is 1. The maximum Gasteiger partial charge on any atom is 0.258 e. The van der Waals surface area contributed by atoms with Crippen molar-refractivity contribution in [1.82, 2.24) is 10.6 Å². The van der Waals surface area contributed by atoms with Crippen LogP contribution in [0.15, 0.2) is 30.3 Å². The smallest absolute Gasteiger partial charge is 0.258 e. The molecule has 2 aliphatic heterocycles. The first-order valence-electron chi connectivity index (χ1n) is 8.64. The molecule has 2 aliphatic rings. The third-order valence-corrected chi connectivity index (χ3v) is 5.44. The Balaban J connectivity index is 1.37. The van der Waals surface area contributed by atoms with Gasteiger partial charge < -0.3 is 20.1 Å². The van der Waals surface area contributed by atoms with Crippen molar-refractivity contribution in [3.63, 3.8) is 0 Å². The third kappa shape index (κ3) is 5.22. The Hall–Kier alpha value is -2.06. The summed E-state index contributed by atoms with van der Waals surface area (Å²) >= 11 is 1.33. The standard InChI is InChI=1S/C18H22N2O5S/c21-12(9-14-7-4-8-24-14)11-26-18-16(17(23)20-18)19-15(22)10-25-13-5-2-1-3-6-13/h1-3,5-6,14,16,18H,4,7-11H2,(H,19,22)(H,20,23)/t14?,16-,18-/m1/s1. The molecule has 0 radical (unpaired) electrons. The van der Waals surface area contributed by atoms with Crippen molar-refractivity contribution in [2.45, 2.75) is 36.8 Å². The predicted molar refractivity (Wildman–Crippen MR) is 96.9 cm³/mol. The number of nitrogens with one attached hydrogen (secondary N) is 2. The molecule has 0 bridgehead atoms. The Kier molecular flexibility index (Phi) is 6.51. The summed E-state index contributed by atoms with van der Waals surface area (Å²) in [6.07, 6.45) is 2.37. The number of hydrogen-bond acceptors (Lipinski definition) is 6. The van der Waals surface area contributed by atoms with Gasteiger partial charge >= 0.3 is 0 Å². The lowest BCUT2D eigenvalue weighted by molar-refractivity contribution is -0.134.